The molecule has 0 aromatic heterocycles. The molecule has 1 aliphatic carbocycles. The zero-order valence-corrected chi connectivity index (χ0v) is 10.3. The van der Waals surface area contributed by atoms with Crippen LogP contribution >= 0.6 is 0 Å². The summed E-state index contributed by atoms with van der Waals surface area (Å²) >= 11 is 0. The van der Waals surface area contributed by atoms with Gasteiger partial charge in [-0.25, -0.2) is 0 Å². The molecule has 0 spiro atoms. The SMILES string of the molecule is CC1(C)C[C@@]1(COCc1ccccc1)C(=O)O. The molecule has 17 heavy (non-hydrogen) atoms. The first kappa shape index (κ1) is 12.1. The molecule has 2 rings (SSSR count). The topological polar surface area (TPSA) is 46.5 Å². The minimum absolute atomic E-state index is 0.143. The molecule has 1 saturated carbocycles. The maximum Gasteiger partial charge on any atom is 0.312 e. The Kier molecular flexibility index (Phi) is 2.96. The van der Waals surface area contributed by atoms with Crippen LogP contribution in [0.4, 0.5) is 0 Å². The largest absolute Gasteiger partial charge is 0.481 e. The van der Waals surface area contributed by atoms with E-state index < -0.39 is 11.4 Å². The third kappa shape index (κ3) is 2.20. The van der Waals surface area contributed by atoms with Gasteiger partial charge in [0, 0.05) is 0 Å². The quantitative estimate of drug-likeness (QED) is 0.852. The lowest BCUT2D eigenvalue weighted by Crippen LogP contribution is -2.26. The van der Waals surface area contributed by atoms with Gasteiger partial charge in [0.15, 0.2) is 0 Å². The number of benzene rings is 1. The predicted octanol–water partition coefficient (Wildman–Crippen LogP) is 2.70. The van der Waals surface area contributed by atoms with Gasteiger partial charge in [-0.2, -0.15) is 0 Å². The van der Waals surface area contributed by atoms with Crippen LogP contribution in [0.5, 0.6) is 0 Å². The first-order valence-corrected chi connectivity index (χ1v) is 5.83. The van der Waals surface area contributed by atoms with Crippen LogP contribution in [-0.4, -0.2) is 17.7 Å². The Labute approximate surface area is 101 Å². The molecule has 0 unspecified atom stereocenters. The molecule has 0 radical (unpaired) electrons. The van der Waals surface area contributed by atoms with Crippen molar-refractivity contribution in [2.75, 3.05) is 6.61 Å². The molecule has 1 aromatic carbocycles. The predicted molar refractivity (Wildman–Crippen MR) is 64.6 cm³/mol. The minimum Gasteiger partial charge on any atom is -0.481 e. The van der Waals surface area contributed by atoms with Crippen molar-refractivity contribution in [2.45, 2.75) is 26.9 Å². The Morgan fingerprint density at radius 1 is 1.35 bits per heavy atom. The molecule has 0 saturated heterocycles. The highest BCUT2D eigenvalue weighted by atomic mass is 16.5. The zero-order chi connectivity index (χ0) is 12.5. The molecule has 3 heteroatoms. The van der Waals surface area contributed by atoms with E-state index in [1.54, 1.807) is 0 Å². The number of ether oxygens (including phenoxy) is 1. The number of aliphatic carboxylic acids is 1. The number of carboxylic acids is 1. The van der Waals surface area contributed by atoms with E-state index in [2.05, 4.69) is 0 Å². The van der Waals surface area contributed by atoms with Gasteiger partial charge < -0.3 is 9.84 Å². The molecule has 0 aliphatic heterocycles. The van der Waals surface area contributed by atoms with E-state index in [0.717, 1.165) is 5.56 Å². The summed E-state index contributed by atoms with van der Waals surface area (Å²) < 4.78 is 5.56. The van der Waals surface area contributed by atoms with Gasteiger partial charge in [0.05, 0.1) is 18.6 Å². The molecule has 3 nitrogen and oxygen atoms in total. The number of hydrogen-bond acceptors (Lipinski definition) is 2. The zero-order valence-electron chi connectivity index (χ0n) is 10.3. The van der Waals surface area contributed by atoms with Gasteiger partial charge >= 0.3 is 5.97 Å². The molecule has 1 aromatic rings. The molecule has 0 bridgehead atoms. The van der Waals surface area contributed by atoms with Gasteiger partial charge in [-0.3, -0.25) is 4.79 Å². The molecule has 1 N–H and O–H groups in total. The van der Waals surface area contributed by atoms with Crippen molar-refractivity contribution in [3.05, 3.63) is 35.9 Å². The molecule has 1 atom stereocenters. The van der Waals surface area contributed by atoms with Gasteiger partial charge in [-0.05, 0) is 17.4 Å². The molecule has 1 fully saturated rings. The van der Waals surface area contributed by atoms with Crippen molar-refractivity contribution in [2.24, 2.45) is 10.8 Å². The Morgan fingerprint density at radius 2 is 1.94 bits per heavy atom. The third-order valence-corrected chi connectivity index (χ3v) is 3.78. The van der Waals surface area contributed by atoms with Gasteiger partial charge in [0.25, 0.3) is 0 Å². The normalized spacial score (nSPS) is 25.5. The lowest BCUT2D eigenvalue weighted by molar-refractivity contribution is -0.147. The fourth-order valence-electron chi connectivity index (χ4n) is 2.30. The average Bonchev–Trinajstić information content (AvgIpc) is 2.84. The second kappa shape index (κ2) is 4.15. The highest BCUT2D eigenvalue weighted by molar-refractivity contribution is 5.80. The van der Waals surface area contributed by atoms with E-state index in [1.165, 1.54) is 0 Å². The summed E-state index contributed by atoms with van der Waals surface area (Å²) in [5.41, 5.74) is 0.253. The maximum absolute atomic E-state index is 11.3. The second-order valence-electron chi connectivity index (χ2n) is 5.43. The molecular formula is C14H18O3. The second-order valence-corrected chi connectivity index (χ2v) is 5.43. The van der Waals surface area contributed by atoms with Crippen LogP contribution in [0.25, 0.3) is 0 Å². The summed E-state index contributed by atoms with van der Waals surface area (Å²) in [7, 11) is 0. The van der Waals surface area contributed by atoms with Gasteiger partial charge in [0.1, 0.15) is 0 Å². The number of carboxylic acid groups (broad SMARTS) is 1. The monoisotopic (exact) mass is 234 g/mol. The van der Waals surface area contributed by atoms with Crippen LogP contribution in [0.3, 0.4) is 0 Å². The van der Waals surface area contributed by atoms with E-state index in [-0.39, 0.29) is 5.41 Å². The van der Waals surface area contributed by atoms with E-state index in [0.29, 0.717) is 19.6 Å². The Morgan fingerprint density at radius 3 is 2.41 bits per heavy atom. The number of carbonyl (C=O) groups is 1. The molecule has 1 aliphatic rings. The summed E-state index contributed by atoms with van der Waals surface area (Å²) in [6.45, 7) is 4.73. The van der Waals surface area contributed by atoms with E-state index in [9.17, 15) is 9.90 Å². The Balaban J connectivity index is 1.89. The number of hydrogen-bond donors (Lipinski definition) is 1. The third-order valence-electron chi connectivity index (χ3n) is 3.78. The molecule has 0 amide bonds. The summed E-state index contributed by atoms with van der Waals surface area (Å²) in [4.78, 5) is 11.3. The molecule has 0 heterocycles. The van der Waals surface area contributed by atoms with Gasteiger partial charge in [0.2, 0.25) is 0 Å². The van der Waals surface area contributed by atoms with E-state index >= 15 is 0 Å². The van der Waals surface area contributed by atoms with Crippen molar-refractivity contribution >= 4 is 5.97 Å². The maximum atomic E-state index is 11.3. The van der Waals surface area contributed by atoms with Crippen LogP contribution in [0.1, 0.15) is 25.8 Å². The first-order valence-electron chi connectivity index (χ1n) is 5.83. The van der Waals surface area contributed by atoms with Crippen molar-refractivity contribution in [3.63, 3.8) is 0 Å². The van der Waals surface area contributed by atoms with Crippen LogP contribution in [0.15, 0.2) is 30.3 Å². The van der Waals surface area contributed by atoms with Crippen LogP contribution in [-0.2, 0) is 16.1 Å². The lowest BCUT2D eigenvalue weighted by atomic mass is 9.97. The van der Waals surface area contributed by atoms with E-state index in [1.807, 2.05) is 44.2 Å². The Bertz CT molecular complexity index is 411. The van der Waals surface area contributed by atoms with Crippen LogP contribution in [0.2, 0.25) is 0 Å². The standard InChI is InChI=1S/C14H18O3/c1-13(2)9-14(13,12(15)16)10-17-8-11-6-4-3-5-7-11/h3-7H,8-10H2,1-2H3,(H,15,16)/t14-/m1/s1. The van der Waals surface area contributed by atoms with Crippen LogP contribution < -0.4 is 0 Å². The fourth-order valence-corrected chi connectivity index (χ4v) is 2.30. The molecule has 92 valence electrons. The summed E-state index contributed by atoms with van der Waals surface area (Å²) in [6.07, 6.45) is 0.699. The molecular weight excluding hydrogens is 216 g/mol. The fraction of sp³-hybridized carbons (Fsp3) is 0.500. The lowest BCUT2D eigenvalue weighted by Gasteiger charge is -2.15. The van der Waals surface area contributed by atoms with E-state index in [4.69, 9.17) is 4.74 Å². The van der Waals surface area contributed by atoms with Crippen molar-refractivity contribution in [1.29, 1.82) is 0 Å². The highest BCUT2D eigenvalue weighted by Crippen LogP contribution is 2.63. The minimum atomic E-state index is -0.740. The smallest absolute Gasteiger partial charge is 0.312 e. The van der Waals surface area contributed by atoms with Crippen molar-refractivity contribution in [1.82, 2.24) is 0 Å². The summed E-state index contributed by atoms with van der Waals surface area (Å²) in [6, 6.07) is 9.81. The van der Waals surface area contributed by atoms with Crippen molar-refractivity contribution < 1.29 is 14.6 Å². The van der Waals surface area contributed by atoms with Gasteiger partial charge in [-0.1, -0.05) is 44.2 Å². The summed E-state index contributed by atoms with van der Waals surface area (Å²) in [5.74, 6) is -0.740. The van der Waals surface area contributed by atoms with Gasteiger partial charge in [-0.15, -0.1) is 0 Å². The average molecular weight is 234 g/mol. The van der Waals surface area contributed by atoms with Crippen LogP contribution in [0, 0.1) is 10.8 Å². The Hall–Kier alpha value is -1.35. The van der Waals surface area contributed by atoms with Crippen molar-refractivity contribution in [3.8, 4) is 0 Å². The summed E-state index contributed by atoms with van der Waals surface area (Å²) in [5, 5.41) is 9.26. The first-order chi connectivity index (χ1) is 7.98. The number of rotatable bonds is 5. The highest BCUT2D eigenvalue weighted by Gasteiger charge is 2.66.